The Morgan fingerprint density at radius 2 is 1.84 bits per heavy atom. The lowest BCUT2D eigenvalue weighted by Crippen LogP contribution is -2.16. The van der Waals surface area contributed by atoms with E-state index in [0.717, 1.165) is 32.9 Å². The zero-order chi connectivity index (χ0) is 26.5. The van der Waals surface area contributed by atoms with E-state index in [2.05, 4.69) is 15.5 Å². The van der Waals surface area contributed by atoms with Crippen molar-refractivity contribution in [3.63, 3.8) is 0 Å². The number of aromatic nitrogens is 3. The molecule has 8 nitrogen and oxygen atoms in total. The summed E-state index contributed by atoms with van der Waals surface area (Å²) in [6.45, 7) is 6.20. The number of esters is 1. The van der Waals surface area contributed by atoms with E-state index in [9.17, 15) is 9.59 Å². The Kier molecular flexibility index (Phi) is 8.30. The van der Waals surface area contributed by atoms with Crippen LogP contribution in [0.5, 0.6) is 5.75 Å². The van der Waals surface area contributed by atoms with Crippen LogP contribution in [0.25, 0.3) is 11.1 Å². The van der Waals surface area contributed by atoms with E-state index in [-0.39, 0.29) is 18.3 Å². The van der Waals surface area contributed by atoms with Gasteiger partial charge in [-0.25, -0.2) is 4.79 Å². The third-order valence-corrected chi connectivity index (χ3v) is 7.79. The molecular weight excluding hydrogens is 508 g/mol. The SMILES string of the molecule is COC(=O)c1c(NC(=O)CSc2nnc(COc3cc(C)ccc3C)n2C)sc(C)c1-c1ccccc1. The molecule has 4 aromatic rings. The van der Waals surface area contributed by atoms with Crippen molar-refractivity contribution >= 4 is 40.0 Å². The summed E-state index contributed by atoms with van der Waals surface area (Å²) < 4.78 is 12.8. The molecule has 2 aromatic heterocycles. The van der Waals surface area contributed by atoms with Gasteiger partial charge < -0.3 is 19.4 Å². The first-order valence-electron chi connectivity index (χ1n) is 11.6. The standard InChI is InChI=1S/C27H28N4O4S2/c1-16-11-12-17(2)20(13-16)35-14-21-29-30-27(31(21)4)36-15-22(32)28-25-24(26(33)34-5)23(18(3)37-25)19-9-7-6-8-10-19/h6-13H,14-15H2,1-5H3,(H,28,32). The quantitative estimate of drug-likeness (QED) is 0.221. The van der Waals surface area contributed by atoms with Crippen molar-refractivity contribution in [1.29, 1.82) is 0 Å². The molecule has 4 rings (SSSR count). The summed E-state index contributed by atoms with van der Waals surface area (Å²) in [5.74, 6) is 0.805. The summed E-state index contributed by atoms with van der Waals surface area (Å²) in [6, 6.07) is 15.6. The number of anilines is 1. The highest BCUT2D eigenvalue weighted by atomic mass is 32.2. The van der Waals surface area contributed by atoms with Gasteiger partial charge in [0.1, 0.15) is 22.9 Å². The number of carbonyl (C=O) groups excluding carboxylic acids is 2. The predicted octanol–water partition coefficient (Wildman–Crippen LogP) is 5.57. The number of thioether (sulfide) groups is 1. The maximum Gasteiger partial charge on any atom is 0.341 e. The molecule has 0 atom stereocenters. The van der Waals surface area contributed by atoms with Crippen molar-refractivity contribution in [2.45, 2.75) is 32.5 Å². The fourth-order valence-corrected chi connectivity index (χ4v) is 5.59. The number of benzene rings is 2. The molecule has 10 heteroatoms. The zero-order valence-corrected chi connectivity index (χ0v) is 23.0. The average Bonchev–Trinajstić information content (AvgIpc) is 3.41. The monoisotopic (exact) mass is 536 g/mol. The molecule has 0 aliphatic rings. The fourth-order valence-electron chi connectivity index (χ4n) is 3.78. The second-order valence-electron chi connectivity index (χ2n) is 8.45. The molecule has 0 saturated carbocycles. The van der Waals surface area contributed by atoms with Gasteiger partial charge in [0, 0.05) is 17.5 Å². The van der Waals surface area contributed by atoms with E-state index in [1.807, 2.05) is 80.9 Å². The first-order chi connectivity index (χ1) is 17.8. The smallest absolute Gasteiger partial charge is 0.341 e. The molecule has 0 aliphatic carbocycles. The number of rotatable bonds is 9. The van der Waals surface area contributed by atoms with Crippen LogP contribution in [0, 0.1) is 20.8 Å². The van der Waals surface area contributed by atoms with Crippen LogP contribution >= 0.6 is 23.1 Å². The summed E-state index contributed by atoms with van der Waals surface area (Å²) in [6.07, 6.45) is 0. The van der Waals surface area contributed by atoms with E-state index in [4.69, 9.17) is 9.47 Å². The van der Waals surface area contributed by atoms with Gasteiger partial charge in [0.2, 0.25) is 5.91 Å². The van der Waals surface area contributed by atoms with E-state index < -0.39 is 5.97 Å². The second-order valence-corrected chi connectivity index (χ2v) is 10.6. The largest absolute Gasteiger partial charge is 0.485 e. The molecule has 0 spiro atoms. The highest BCUT2D eigenvalue weighted by Gasteiger charge is 2.25. The molecule has 0 aliphatic heterocycles. The minimum Gasteiger partial charge on any atom is -0.485 e. The number of ether oxygens (including phenoxy) is 2. The third-order valence-electron chi connectivity index (χ3n) is 5.75. The summed E-state index contributed by atoms with van der Waals surface area (Å²) in [4.78, 5) is 26.4. The molecule has 0 radical (unpaired) electrons. The van der Waals surface area contributed by atoms with Crippen molar-refractivity contribution in [2.24, 2.45) is 7.05 Å². The summed E-state index contributed by atoms with van der Waals surface area (Å²) >= 11 is 2.61. The maximum atomic E-state index is 12.8. The van der Waals surface area contributed by atoms with Crippen LogP contribution < -0.4 is 10.1 Å². The Morgan fingerprint density at radius 1 is 1.08 bits per heavy atom. The van der Waals surface area contributed by atoms with Crippen LogP contribution in [0.15, 0.2) is 53.7 Å². The number of aryl methyl sites for hydroxylation is 3. The molecular formula is C27H28N4O4S2. The minimum absolute atomic E-state index is 0.0993. The number of methoxy groups -OCH3 is 1. The number of nitrogens with one attached hydrogen (secondary N) is 1. The number of thiophene rings is 1. The van der Waals surface area contributed by atoms with Crippen molar-refractivity contribution in [3.8, 4) is 16.9 Å². The first kappa shape index (κ1) is 26.4. The molecule has 192 valence electrons. The number of carbonyl (C=O) groups is 2. The molecule has 0 unspecified atom stereocenters. The van der Waals surface area contributed by atoms with Crippen molar-refractivity contribution in [1.82, 2.24) is 14.8 Å². The Bertz CT molecular complexity index is 1430. The van der Waals surface area contributed by atoms with Gasteiger partial charge in [-0.3, -0.25) is 4.79 Å². The summed E-state index contributed by atoms with van der Waals surface area (Å²) in [5, 5.41) is 12.4. The Labute approximate surface area is 224 Å². The van der Waals surface area contributed by atoms with Gasteiger partial charge in [0.15, 0.2) is 11.0 Å². The van der Waals surface area contributed by atoms with Gasteiger partial charge in [-0.15, -0.1) is 21.5 Å². The van der Waals surface area contributed by atoms with Crippen LogP contribution in [-0.2, 0) is 23.2 Å². The molecule has 0 bridgehead atoms. The lowest BCUT2D eigenvalue weighted by Gasteiger charge is -2.10. The summed E-state index contributed by atoms with van der Waals surface area (Å²) in [7, 11) is 3.17. The normalized spacial score (nSPS) is 10.8. The van der Waals surface area contributed by atoms with Gasteiger partial charge in [-0.1, -0.05) is 54.2 Å². The molecule has 1 N–H and O–H groups in total. The van der Waals surface area contributed by atoms with Crippen LogP contribution in [0.2, 0.25) is 0 Å². The highest BCUT2D eigenvalue weighted by molar-refractivity contribution is 7.99. The number of amides is 1. The van der Waals surface area contributed by atoms with Gasteiger partial charge in [-0.2, -0.15) is 0 Å². The van der Waals surface area contributed by atoms with Crippen LogP contribution in [0.1, 0.15) is 32.2 Å². The molecule has 1 amide bonds. The van der Waals surface area contributed by atoms with Gasteiger partial charge in [-0.05, 0) is 43.5 Å². The zero-order valence-electron chi connectivity index (χ0n) is 21.3. The first-order valence-corrected chi connectivity index (χ1v) is 13.4. The molecule has 37 heavy (non-hydrogen) atoms. The Morgan fingerprint density at radius 3 is 2.57 bits per heavy atom. The summed E-state index contributed by atoms with van der Waals surface area (Å²) in [5.41, 5.74) is 4.18. The minimum atomic E-state index is -0.493. The van der Waals surface area contributed by atoms with Gasteiger partial charge in [0.05, 0.1) is 12.9 Å². The fraction of sp³-hybridized carbons (Fsp3) is 0.259. The van der Waals surface area contributed by atoms with Crippen LogP contribution in [0.3, 0.4) is 0 Å². The lowest BCUT2D eigenvalue weighted by molar-refractivity contribution is -0.113. The van der Waals surface area contributed by atoms with Gasteiger partial charge >= 0.3 is 5.97 Å². The number of hydrogen-bond donors (Lipinski definition) is 1. The Hall–Kier alpha value is -3.63. The third kappa shape index (κ3) is 6.03. The predicted molar refractivity (Wildman–Crippen MR) is 146 cm³/mol. The Balaban J connectivity index is 1.43. The molecule has 2 aromatic carbocycles. The second kappa shape index (κ2) is 11.6. The number of hydrogen-bond acceptors (Lipinski definition) is 8. The molecule has 0 saturated heterocycles. The number of nitrogens with zero attached hydrogens (tertiary/aromatic N) is 3. The van der Waals surface area contributed by atoms with E-state index in [0.29, 0.717) is 21.5 Å². The van der Waals surface area contributed by atoms with Crippen LogP contribution in [-0.4, -0.2) is 39.5 Å². The van der Waals surface area contributed by atoms with Crippen molar-refractivity contribution in [2.75, 3.05) is 18.2 Å². The average molecular weight is 537 g/mol. The van der Waals surface area contributed by atoms with Gasteiger partial charge in [0.25, 0.3) is 0 Å². The molecule has 2 heterocycles. The van der Waals surface area contributed by atoms with Crippen LogP contribution in [0.4, 0.5) is 5.00 Å². The van der Waals surface area contributed by atoms with E-state index in [1.165, 1.54) is 30.2 Å². The maximum absolute atomic E-state index is 12.8. The van der Waals surface area contributed by atoms with Crippen molar-refractivity contribution in [3.05, 3.63) is 75.9 Å². The van der Waals surface area contributed by atoms with E-state index in [1.54, 1.807) is 0 Å². The highest BCUT2D eigenvalue weighted by Crippen LogP contribution is 2.40. The topological polar surface area (TPSA) is 95.3 Å². The van der Waals surface area contributed by atoms with E-state index >= 15 is 0 Å². The van der Waals surface area contributed by atoms with Crippen molar-refractivity contribution < 1.29 is 19.1 Å². The lowest BCUT2D eigenvalue weighted by atomic mass is 10.0. The molecule has 0 fully saturated rings.